The van der Waals surface area contributed by atoms with Gasteiger partial charge in [0.2, 0.25) is 0 Å². The molecule has 0 atom stereocenters. The van der Waals surface area contributed by atoms with Gasteiger partial charge in [-0.1, -0.05) is 50.5 Å². The topological polar surface area (TPSA) is 15.6 Å². The van der Waals surface area contributed by atoms with Crippen molar-refractivity contribution in [3.05, 3.63) is 35.4 Å². The Morgan fingerprint density at radius 3 is 2.70 bits per heavy atom. The minimum Gasteiger partial charge on any atom is -0.360 e. The molecule has 0 unspecified atom stereocenters. The van der Waals surface area contributed by atoms with Crippen LogP contribution in [-0.4, -0.2) is 23.8 Å². The summed E-state index contributed by atoms with van der Waals surface area (Å²) in [6, 6.07) is 9.05. The van der Waals surface area contributed by atoms with Gasteiger partial charge in [-0.15, -0.1) is 0 Å². The Morgan fingerprint density at radius 1 is 1.04 bits per heavy atom. The number of hydrogen-bond donors (Lipinski definition) is 0. The van der Waals surface area contributed by atoms with Gasteiger partial charge in [0.1, 0.15) is 0 Å². The van der Waals surface area contributed by atoms with Crippen molar-refractivity contribution in [2.75, 3.05) is 13.1 Å². The van der Waals surface area contributed by atoms with Gasteiger partial charge in [0.15, 0.2) is 0 Å². The molecule has 0 bridgehead atoms. The number of nitrogens with zero attached hydrogens (tertiary/aromatic N) is 2. The zero-order valence-electron chi connectivity index (χ0n) is 14.8. The molecule has 1 heterocycles. The second kappa shape index (κ2) is 8.52. The molecule has 1 aromatic rings. The molecule has 1 saturated heterocycles. The molecule has 23 heavy (non-hydrogen) atoms. The lowest BCUT2D eigenvalue weighted by molar-refractivity contribution is 0.411. The molecule has 1 saturated carbocycles. The lowest BCUT2D eigenvalue weighted by Crippen LogP contribution is -2.31. The van der Waals surface area contributed by atoms with E-state index in [0.29, 0.717) is 0 Å². The molecule has 1 aliphatic carbocycles. The van der Waals surface area contributed by atoms with E-state index in [4.69, 9.17) is 4.99 Å². The highest BCUT2D eigenvalue weighted by atomic mass is 15.2. The van der Waals surface area contributed by atoms with E-state index < -0.39 is 0 Å². The number of likely N-dealkylation sites (tertiary alicyclic amines) is 1. The van der Waals surface area contributed by atoms with E-state index in [1.807, 2.05) is 0 Å². The highest BCUT2D eigenvalue weighted by Gasteiger charge is 2.20. The Labute approximate surface area is 142 Å². The standard InChI is InChI=1S/C21H32N2/c1-2-15-23-16-9-3-4-14-21(23)22-17-19-12-7-8-13-20(19)18-10-5-6-11-18/h7-8,12-13,18H,2-6,9-11,14-17H2,1H3. The Balaban J connectivity index is 1.75. The third kappa shape index (κ3) is 4.37. The highest BCUT2D eigenvalue weighted by Crippen LogP contribution is 2.36. The molecule has 0 amide bonds. The van der Waals surface area contributed by atoms with Gasteiger partial charge in [-0.2, -0.15) is 0 Å². The van der Waals surface area contributed by atoms with Gasteiger partial charge in [-0.3, -0.25) is 4.99 Å². The summed E-state index contributed by atoms with van der Waals surface area (Å²) in [5.41, 5.74) is 3.04. The average molecular weight is 313 g/mol. The molecular weight excluding hydrogens is 280 g/mol. The van der Waals surface area contributed by atoms with Gasteiger partial charge < -0.3 is 4.90 Å². The Kier molecular flexibility index (Phi) is 6.13. The van der Waals surface area contributed by atoms with Crippen LogP contribution in [0.3, 0.4) is 0 Å². The Morgan fingerprint density at radius 2 is 1.87 bits per heavy atom. The molecule has 126 valence electrons. The van der Waals surface area contributed by atoms with Crippen LogP contribution in [0, 0.1) is 0 Å². The van der Waals surface area contributed by atoms with Crippen molar-refractivity contribution in [3.8, 4) is 0 Å². The molecule has 0 N–H and O–H groups in total. The van der Waals surface area contributed by atoms with Crippen LogP contribution in [0.1, 0.15) is 81.8 Å². The van der Waals surface area contributed by atoms with E-state index in [9.17, 15) is 0 Å². The van der Waals surface area contributed by atoms with Crippen LogP contribution < -0.4 is 0 Å². The van der Waals surface area contributed by atoms with Crippen LogP contribution in [0.5, 0.6) is 0 Å². The normalized spacial score (nSPS) is 21.8. The van der Waals surface area contributed by atoms with E-state index >= 15 is 0 Å². The van der Waals surface area contributed by atoms with Crippen molar-refractivity contribution in [2.45, 2.75) is 77.2 Å². The van der Waals surface area contributed by atoms with Crippen molar-refractivity contribution in [2.24, 2.45) is 4.99 Å². The monoisotopic (exact) mass is 312 g/mol. The Bertz CT molecular complexity index is 514. The van der Waals surface area contributed by atoms with Gasteiger partial charge >= 0.3 is 0 Å². The van der Waals surface area contributed by atoms with Gasteiger partial charge in [0.05, 0.1) is 12.4 Å². The number of aliphatic imine (C=N–C) groups is 1. The highest BCUT2D eigenvalue weighted by molar-refractivity contribution is 5.82. The molecule has 0 spiro atoms. The second-order valence-electron chi connectivity index (χ2n) is 7.21. The van der Waals surface area contributed by atoms with Crippen LogP contribution in [0.2, 0.25) is 0 Å². The maximum absolute atomic E-state index is 5.09. The molecule has 0 aromatic heterocycles. The van der Waals surface area contributed by atoms with E-state index in [1.54, 1.807) is 5.56 Å². The van der Waals surface area contributed by atoms with Crippen molar-refractivity contribution in [1.29, 1.82) is 0 Å². The van der Waals surface area contributed by atoms with Gasteiger partial charge in [0, 0.05) is 19.5 Å². The van der Waals surface area contributed by atoms with Crippen LogP contribution in [0.4, 0.5) is 0 Å². The number of hydrogen-bond acceptors (Lipinski definition) is 1. The third-order valence-electron chi connectivity index (χ3n) is 5.47. The predicted molar refractivity (Wildman–Crippen MR) is 99.1 cm³/mol. The zero-order valence-corrected chi connectivity index (χ0v) is 14.8. The fraction of sp³-hybridized carbons (Fsp3) is 0.667. The van der Waals surface area contributed by atoms with Crippen LogP contribution in [-0.2, 0) is 6.54 Å². The molecule has 2 nitrogen and oxygen atoms in total. The summed E-state index contributed by atoms with van der Waals surface area (Å²) in [4.78, 5) is 7.63. The summed E-state index contributed by atoms with van der Waals surface area (Å²) in [6.45, 7) is 5.53. The van der Waals surface area contributed by atoms with Gasteiger partial charge in [0.25, 0.3) is 0 Å². The van der Waals surface area contributed by atoms with E-state index in [2.05, 4.69) is 36.1 Å². The van der Waals surface area contributed by atoms with E-state index in [1.165, 1.54) is 82.3 Å². The van der Waals surface area contributed by atoms with Crippen LogP contribution >= 0.6 is 0 Å². The molecule has 2 fully saturated rings. The van der Waals surface area contributed by atoms with E-state index in [0.717, 1.165) is 12.5 Å². The number of rotatable bonds is 5. The van der Waals surface area contributed by atoms with Gasteiger partial charge in [-0.25, -0.2) is 0 Å². The largest absolute Gasteiger partial charge is 0.360 e. The molecular formula is C21H32N2. The molecule has 1 aromatic carbocycles. The fourth-order valence-electron chi connectivity index (χ4n) is 4.23. The first-order valence-electron chi connectivity index (χ1n) is 9.74. The average Bonchev–Trinajstić information content (AvgIpc) is 3.02. The van der Waals surface area contributed by atoms with Crippen molar-refractivity contribution >= 4 is 5.84 Å². The summed E-state index contributed by atoms with van der Waals surface area (Å²) < 4.78 is 0. The quantitative estimate of drug-likeness (QED) is 0.698. The van der Waals surface area contributed by atoms with Crippen LogP contribution in [0.15, 0.2) is 29.3 Å². The first-order valence-corrected chi connectivity index (χ1v) is 9.74. The van der Waals surface area contributed by atoms with Gasteiger partial charge in [-0.05, 0) is 49.1 Å². The Hall–Kier alpha value is -1.31. The summed E-state index contributed by atoms with van der Waals surface area (Å²) in [6.07, 6.45) is 11.9. The lowest BCUT2D eigenvalue weighted by atomic mass is 9.93. The third-order valence-corrected chi connectivity index (χ3v) is 5.47. The SMILES string of the molecule is CCCN1CCCCCC1=NCc1ccccc1C1CCCC1. The maximum Gasteiger partial charge on any atom is 0.0993 e. The summed E-state index contributed by atoms with van der Waals surface area (Å²) in [5.74, 6) is 2.15. The zero-order chi connectivity index (χ0) is 15.9. The summed E-state index contributed by atoms with van der Waals surface area (Å²) >= 11 is 0. The van der Waals surface area contributed by atoms with E-state index in [-0.39, 0.29) is 0 Å². The summed E-state index contributed by atoms with van der Waals surface area (Å²) in [5, 5.41) is 0. The number of amidine groups is 1. The second-order valence-corrected chi connectivity index (χ2v) is 7.21. The molecule has 0 radical (unpaired) electrons. The minimum absolute atomic E-state index is 0.785. The van der Waals surface area contributed by atoms with Crippen molar-refractivity contribution in [1.82, 2.24) is 4.90 Å². The minimum atomic E-state index is 0.785. The maximum atomic E-state index is 5.09. The molecule has 2 aliphatic rings. The first-order chi connectivity index (χ1) is 11.4. The van der Waals surface area contributed by atoms with Crippen LogP contribution in [0.25, 0.3) is 0 Å². The summed E-state index contributed by atoms with van der Waals surface area (Å²) in [7, 11) is 0. The first kappa shape index (κ1) is 16.5. The fourth-order valence-corrected chi connectivity index (χ4v) is 4.23. The smallest absolute Gasteiger partial charge is 0.0993 e. The number of benzene rings is 1. The predicted octanol–water partition coefficient (Wildman–Crippen LogP) is 5.53. The van der Waals surface area contributed by atoms with Crippen molar-refractivity contribution < 1.29 is 0 Å². The molecule has 1 aliphatic heterocycles. The lowest BCUT2D eigenvalue weighted by Gasteiger charge is -2.24. The molecule has 3 rings (SSSR count). The van der Waals surface area contributed by atoms with Crippen molar-refractivity contribution in [3.63, 3.8) is 0 Å². The molecule has 2 heteroatoms.